The highest BCUT2D eigenvalue weighted by Crippen LogP contribution is 2.32. The molecule has 1 atom stereocenters. The topological polar surface area (TPSA) is 65.1 Å². The first kappa shape index (κ1) is 15.8. The van der Waals surface area contributed by atoms with Crippen molar-refractivity contribution in [2.24, 2.45) is 5.84 Å². The lowest BCUT2D eigenvalue weighted by atomic mass is 10.0. The van der Waals surface area contributed by atoms with Gasteiger partial charge in [0.05, 0.1) is 19.3 Å². The van der Waals surface area contributed by atoms with Gasteiger partial charge in [0.15, 0.2) is 5.75 Å². The largest absolute Gasteiger partial charge is 0.493 e. The van der Waals surface area contributed by atoms with Crippen LogP contribution in [-0.4, -0.2) is 16.9 Å². The molecule has 114 valence electrons. The van der Waals surface area contributed by atoms with Gasteiger partial charge in [-0.05, 0) is 38.0 Å². The van der Waals surface area contributed by atoms with Crippen LogP contribution in [0.25, 0.3) is 0 Å². The molecule has 1 heterocycles. The van der Waals surface area contributed by atoms with Crippen LogP contribution in [0.15, 0.2) is 24.4 Å². The first-order valence-electron chi connectivity index (χ1n) is 6.83. The van der Waals surface area contributed by atoms with Crippen LogP contribution >= 0.6 is 11.6 Å². The Morgan fingerprint density at radius 3 is 2.62 bits per heavy atom. The number of hydrazine groups is 1. The summed E-state index contributed by atoms with van der Waals surface area (Å²) < 4.78 is 7.34. The fraction of sp³-hybridized carbons (Fsp3) is 0.400. The quantitative estimate of drug-likeness (QED) is 0.658. The summed E-state index contributed by atoms with van der Waals surface area (Å²) in [4.78, 5) is 0. The predicted octanol–water partition coefficient (Wildman–Crippen LogP) is 2.99. The van der Waals surface area contributed by atoms with Crippen molar-refractivity contribution >= 4 is 11.6 Å². The van der Waals surface area contributed by atoms with Crippen molar-refractivity contribution < 1.29 is 4.74 Å². The lowest BCUT2D eigenvalue weighted by molar-refractivity contribution is 0.394. The molecule has 3 N–H and O–H groups in total. The van der Waals surface area contributed by atoms with E-state index >= 15 is 0 Å². The van der Waals surface area contributed by atoms with Crippen LogP contribution in [0, 0.1) is 6.92 Å². The number of halogens is 1. The fourth-order valence-corrected chi connectivity index (χ4v) is 2.50. The van der Waals surface area contributed by atoms with Gasteiger partial charge in [-0.1, -0.05) is 23.7 Å². The third kappa shape index (κ3) is 3.05. The van der Waals surface area contributed by atoms with E-state index in [2.05, 4.69) is 24.4 Å². The number of aromatic nitrogens is 2. The molecule has 1 unspecified atom stereocenters. The minimum atomic E-state index is -0.221. The normalized spacial score (nSPS) is 12.7. The number of nitrogens with one attached hydrogen (secondary N) is 1. The molecule has 0 spiro atoms. The number of nitrogens with zero attached hydrogens (tertiary/aromatic N) is 2. The van der Waals surface area contributed by atoms with Crippen molar-refractivity contribution in [1.29, 1.82) is 0 Å². The van der Waals surface area contributed by atoms with Crippen molar-refractivity contribution in [1.82, 2.24) is 15.2 Å². The number of ether oxygens (including phenoxy) is 1. The van der Waals surface area contributed by atoms with E-state index in [1.54, 1.807) is 13.3 Å². The van der Waals surface area contributed by atoms with Gasteiger partial charge in [0.1, 0.15) is 5.69 Å². The number of nitrogens with two attached hydrogens (primary N) is 1. The van der Waals surface area contributed by atoms with Crippen LogP contribution in [0.4, 0.5) is 0 Å². The second-order valence-corrected chi connectivity index (χ2v) is 5.65. The standard InChI is InChI=1S/C15H21ClN4O/c1-9(2)20-15(13(21-4)8-18-20)14(19-17)11-5-6-12(16)10(3)7-11/h5-9,14,19H,17H2,1-4H3. The zero-order valence-corrected chi connectivity index (χ0v) is 13.5. The van der Waals surface area contributed by atoms with E-state index in [9.17, 15) is 0 Å². The third-order valence-corrected chi connectivity index (χ3v) is 3.89. The molecule has 1 aromatic carbocycles. The summed E-state index contributed by atoms with van der Waals surface area (Å²) in [5, 5.41) is 5.13. The van der Waals surface area contributed by atoms with E-state index < -0.39 is 0 Å². The molecular formula is C15H21ClN4O. The molecule has 2 aromatic rings. The second kappa shape index (κ2) is 6.47. The summed E-state index contributed by atoms with van der Waals surface area (Å²) >= 11 is 6.10. The Bertz CT molecular complexity index is 624. The highest BCUT2D eigenvalue weighted by atomic mass is 35.5. The molecule has 5 nitrogen and oxygen atoms in total. The Labute approximate surface area is 130 Å². The van der Waals surface area contributed by atoms with Crippen LogP contribution in [-0.2, 0) is 0 Å². The average Bonchev–Trinajstić information content (AvgIpc) is 2.87. The van der Waals surface area contributed by atoms with Crippen LogP contribution in [0.2, 0.25) is 5.02 Å². The smallest absolute Gasteiger partial charge is 0.161 e. The monoisotopic (exact) mass is 308 g/mol. The molecule has 0 saturated carbocycles. The summed E-state index contributed by atoms with van der Waals surface area (Å²) in [5.74, 6) is 6.50. The lowest BCUT2D eigenvalue weighted by Gasteiger charge is -2.21. The molecule has 0 aliphatic heterocycles. The van der Waals surface area contributed by atoms with Crippen molar-refractivity contribution in [3.63, 3.8) is 0 Å². The number of aryl methyl sites for hydroxylation is 1. The predicted molar refractivity (Wildman–Crippen MR) is 84.5 cm³/mol. The summed E-state index contributed by atoms with van der Waals surface area (Å²) in [6.45, 7) is 6.10. The number of benzene rings is 1. The van der Waals surface area contributed by atoms with Gasteiger partial charge in [-0.3, -0.25) is 10.5 Å². The van der Waals surface area contributed by atoms with Gasteiger partial charge in [0.2, 0.25) is 0 Å². The molecule has 0 radical (unpaired) electrons. The number of rotatable bonds is 5. The number of methoxy groups -OCH3 is 1. The Kier molecular flexibility index (Phi) is 4.88. The maximum absolute atomic E-state index is 6.10. The molecule has 1 aromatic heterocycles. The van der Waals surface area contributed by atoms with Gasteiger partial charge in [-0.25, -0.2) is 5.43 Å². The highest BCUT2D eigenvalue weighted by Gasteiger charge is 2.24. The van der Waals surface area contributed by atoms with Crippen LogP contribution in [0.5, 0.6) is 5.75 Å². The minimum Gasteiger partial charge on any atom is -0.493 e. The zero-order valence-electron chi connectivity index (χ0n) is 12.7. The fourth-order valence-electron chi connectivity index (χ4n) is 2.38. The Morgan fingerprint density at radius 2 is 2.10 bits per heavy atom. The molecule has 0 saturated heterocycles. The molecule has 0 amide bonds. The summed E-state index contributed by atoms with van der Waals surface area (Å²) in [5.41, 5.74) is 5.77. The summed E-state index contributed by atoms with van der Waals surface area (Å²) in [7, 11) is 1.63. The van der Waals surface area contributed by atoms with Gasteiger partial charge >= 0.3 is 0 Å². The van der Waals surface area contributed by atoms with Crippen molar-refractivity contribution in [2.45, 2.75) is 32.9 Å². The maximum Gasteiger partial charge on any atom is 0.161 e. The molecule has 2 rings (SSSR count). The van der Waals surface area contributed by atoms with E-state index in [1.165, 1.54) is 0 Å². The SMILES string of the molecule is COc1cnn(C(C)C)c1C(NN)c1ccc(Cl)c(C)c1. The van der Waals surface area contributed by atoms with Gasteiger partial charge < -0.3 is 4.74 Å². The first-order valence-corrected chi connectivity index (χ1v) is 7.21. The van der Waals surface area contributed by atoms with E-state index in [4.69, 9.17) is 22.2 Å². The number of hydrogen-bond acceptors (Lipinski definition) is 4. The Hall–Kier alpha value is -1.56. The number of hydrogen-bond donors (Lipinski definition) is 2. The maximum atomic E-state index is 6.10. The van der Waals surface area contributed by atoms with E-state index in [-0.39, 0.29) is 12.1 Å². The van der Waals surface area contributed by atoms with E-state index in [1.807, 2.05) is 29.8 Å². The molecular weight excluding hydrogens is 288 g/mol. The molecule has 21 heavy (non-hydrogen) atoms. The van der Waals surface area contributed by atoms with Gasteiger partial charge in [-0.2, -0.15) is 5.10 Å². The second-order valence-electron chi connectivity index (χ2n) is 5.24. The van der Waals surface area contributed by atoms with Crippen LogP contribution in [0.1, 0.15) is 42.8 Å². The Balaban J connectivity index is 2.55. The average molecular weight is 309 g/mol. The van der Waals surface area contributed by atoms with Gasteiger partial charge in [0, 0.05) is 11.1 Å². The van der Waals surface area contributed by atoms with Crippen molar-refractivity contribution in [3.05, 3.63) is 46.2 Å². The van der Waals surface area contributed by atoms with E-state index in [0.29, 0.717) is 5.75 Å². The molecule has 6 heteroatoms. The summed E-state index contributed by atoms with van der Waals surface area (Å²) in [6.07, 6.45) is 1.71. The highest BCUT2D eigenvalue weighted by molar-refractivity contribution is 6.31. The Morgan fingerprint density at radius 1 is 1.38 bits per heavy atom. The van der Waals surface area contributed by atoms with Crippen molar-refractivity contribution in [3.8, 4) is 5.75 Å². The lowest BCUT2D eigenvalue weighted by Crippen LogP contribution is -2.31. The minimum absolute atomic E-state index is 0.202. The van der Waals surface area contributed by atoms with Crippen molar-refractivity contribution in [2.75, 3.05) is 7.11 Å². The third-order valence-electron chi connectivity index (χ3n) is 3.46. The first-order chi connectivity index (χ1) is 9.99. The summed E-state index contributed by atoms with van der Waals surface area (Å²) in [6, 6.07) is 5.83. The van der Waals surface area contributed by atoms with E-state index in [0.717, 1.165) is 21.8 Å². The molecule has 0 fully saturated rings. The van der Waals surface area contributed by atoms with Crippen LogP contribution < -0.4 is 16.0 Å². The van der Waals surface area contributed by atoms with Gasteiger partial charge in [-0.15, -0.1) is 0 Å². The molecule has 0 aliphatic carbocycles. The molecule has 0 bridgehead atoms. The van der Waals surface area contributed by atoms with Crippen LogP contribution in [0.3, 0.4) is 0 Å². The molecule has 0 aliphatic rings. The van der Waals surface area contributed by atoms with Gasteiger partial charge in [0.25, 0.3) is 0 Å². The zero-order chi connectivity index (χ0) is 15.6.